The number of rotatable bonds is 5. The summed E-state index contributed by atoms with van der Waals surface area (Å²) in [6, 6.07) is 2.15. The van der Waals surface area contributed by atoms with Gasteiger partial charge in [-0.05, 0) is 44.4 Å². The summed E-state index contributed by atoms with van der Waals surface area (Å²) in [6.07, 6.45) is 20.1. The van der Waals surface area contributed by atoms with Crippen molar-refractivity contribution in [2.75, 3.05) is 6.54 Å². The average Bonchev–Trinajstić information content (AvgIpc) is 3.09. The minimum absolute atomic E-state index is 0.441. The Kier molecular flexibility index (Phi) is 5.99. The first-order valence-corrected chi connectivity index (χ1v) is 9.86. The molecule has 3 rings (SSSR count). The van der Waals surface area contributed by atoms with Crippen LogP contribution in [0.15, 0.2) is 0 Å². The third kappa shape index (κ3) is 4.22. The summed E-state index contributed by atoms with van der Waals surface area (Å²) in [5.41, 5.74) is 6.65. The molecule has 0 radical (unpaired) electrons. The van der Waals surface area contributed by atoms with Gasteiger partial charge in [-0.15, -0.1) is 0 Å². The summed E-state index contributed by atoms with van der Waals surface area (Å²) in [5, 5.41) is 0. The molecule has 0 bridgehead atoms. The Hall–Kier alpha value is -0.0800. The summed E-state index contributed by atoms with van der Waals surface area (Å²) < 4.78 is 0. The summed E-state index contributed by atoms with van der Waals surface area (Å²) in [6.45, 7) is 1.19. The van der Waals surface area contributed by atoms with Gasteiger partial charge < -0.3 is 5.73 Å². The predicted molar refractivity (Wildman–Crippen MR) is 90.4 cm³/mol. The van der Waals surface area contributed by atoms with E-state index in [4.69, 9.17) is 5.73 Å². The standard InChI is InChI=1S/C19H36N2/c20-19(16-9-7-8-10-16)15-21(17-11-3-1-4-12-17)18-13-5-2-6-14-18/h16-19H,1-15,20H2. The molecular formula is C19H36N2. The second-order valence-electron chi connectivity index (χ2n) is 7.99. The molecular weight excluding hydrogens is 256 g/mol. The molecule has 3 aliphatic carbocycles. The predicted octanol–water partition coefficient (Wildman–Crippen LogP) is 4.47. The van der Waals surface area contributed by atoms with E-state index in [1.807, 2.05) is 0 Å². The lowest BCUT2D eigenvalue weighted by atomic mass is 9.87. The van der Waals surface area contributed by atoms with Crippen LogP contribution in [0, 0.1) is 5.92 Å². The van der Waals surface area contributed by atoms with E-state index in [0.29, 0.717) is 6.04 Å². The monoisotopic (exact) mass is 292 g/mol. The zero-order chi connectivity index (χ0) is 14.5. The highest BCUT2D eigenvalue weighted by Gasteiger charge is 2.32. The maximum Gasteiger partial charge on any atom is 0.0196 e. The highest BCUT2D eigenvalue weighted by molar-refractivity contribution is 4.88. The molecule has 0 spiro atoms. The van der Waals surface area contributed by atoms with Crippen LogP contribution in [0.2, 0.25) is 0 Å². The van der Waals surface area contributed by atoms with Gasteiger partial charge >= 0.3 is 0 Å². The van der Waals surface area contributed by atoms with E-state index in [2.05, 4.69) is 4.90 Å². The van der Waals surface area contributed by atoms with E-state index in [-0.39, 0.29) is 0 Å². The van der Waals surface area contributed by atoms with Crippen LogP contribution in [0.5, 0.6) is 0 Å². The first kappa shape index (κ1) is 15.8. The van der Waals surface area contributed by atoms with Crippen molar-refractivity contribution in [1.29, 1.82) is 0 Å². The second-order valence-corrected chi connectivity index (χ2v) is 7.99. The van der Waals surface area contributed by atoms with Crippen LogP contribution in [0.25, 0.3) is 0 Å². The molecule has 0 aromatic rings. The highest BCUT2D eigenvalue weighted by Crippen LogP contribution is 2.32. The molecule has 2 heteroatoms. The van der Waals surface area contributed by atoms with Gasteiger partial charge in [-0.3, -0.25) is 4.90 Å². The molecule has 2 N–H and O–H groups in total. The SMILES string of the molecule is NC(CN(C1CCCCC1)C1CCCCC1)C1CCCC1. The summed E-state index contributed by atoms with van der Waals surface area (Å²) in [4.78, 5) is 2.90. The summed E-state index contributed by atoms with van der Waals surface area (Å²) in [5.74, 6) is 0.819. The Bertz CT molecular complexity index is 268. The maximum atomic E-state index is 6.65. The minimum atomic E-state index is 0.441. The average molecular weight is 293 g/mol. The Morgan fingerprint density at radius 1 is 0.667 bits per heavy atom. The van der Waals surface area contributed by atoms with E-state index < -0.39 is 0 Å². The molecule has 1 atom stereocenters. The third-order valence-electron chi connectivity index (χ3n) is 6.51. The lowest BCUT2D eigenvalue weighted by Gasteiger charge is -2.43. The Morgan fingerprint density at radius 2 is 1.10 bits per heavy atom. The van der Waals surface area contributed by atoms with Gasteiger partial charge in [0.1, 0.15) is 0 Å². The van der Waals surface area contributed by atoms with Gasteiger partial charge in [0.05, 0.1) is 0 Å². The molecule has 0 aromatic carbocycles. The van der Waals surface area contributed by atoms with Crippen LogP contribution in [0.4, 0.5) is 0 Å². The van der Waals surface area contributed by atoms with Crippen molar-refractivity contribution in [3.63, 3.8) is 0 Å². The van der Waals surface area contributed by atoms with E-state index in [9.17, 15) is 0 Å². The van der Waals surface area contributed by atoms with Crippen LogP contribution >= 0.6 is 0 Å². The quantitative estimate of drug-likeness (QED) is 0.810. The number of hydrogen-bond donors (Lipinski definition) is 1. The van der Waals surface area contributed by atoms with E-state index in [1.54, 1.807) is 0 Å². The molecule has 0 heterocycles. The fraction of sp³-hybridized carbons (Fsp3) is 1.00. The van der Waals surface area contributed by atoms with Crippen LogP contribution in [0.1, 0.15) is 89.9 Å². The number of nitrogens with zero attached hydrogens (tertiary/aromatic N) is 1. The van der Waals surface area contributed by atoms with Crippen molar-refractivity contribution in [3.05, 3.63) is 0 Å². The first-order valence-electron chi connectivity index (χ1n) is 9.86. The molecule has 0 aliphatic heterocycles. The van der Waals surface area contributed by atoms with Crippen molar-refractivity contribution >= 4 is 0 Å². The van der Waals surface area contributed by atoms with Gasteiger partial charge in [-0.25, -0.2) is 0 Å². The van der Waals surface area contributed by atoms with Crippen molar-refractivity contribution in [1.82, 2.24) is 4.90 Å². The Labute approximate surface area is 131 Å². The van der Waals surface area contributed by atoms with Gasteiger partial charge in [0, 0.05) is 24.7 Å². The molecule has 1 unspecified atom stereocenters. The largest absolute Gasteiger partial charge is 0.326 e. The van der Waals surface area contributed by atoms with Gasteiger partial charge in [-0.1, -0.05) is 51.4 Å². The lowest BCUT2D eigenvalue weighted by Crippen LogP contribution is -2.51. The summed E-state index contributed by atoms with van der Waals surface area (Å²) in [7, 11) is 0. The fourth-order valence-electron chi connectivity index (χ4n) is 5.20. The molecule has 0 saturated heterocycles. The highest BCUT2D eigenvalue weighted by atomic mass is 15.2. The fourth-order valence-corrected chi connectivity index (χ4v) is 5.20. The molecule has 122 valence electrons. The van der Waals surface area contributed by atoms with Crippen LogP contribution in [-0.4, -0.2) is 29.6 Å². The van der Waals surface area contributed by atoms with Gasteiger partial charge in [0.25, 0.3) is 0 Å². The third-order valence-corrected chi connectivity index (χ3v) is 6.51. The molecule has 0 amide bonds. The second kappa shape index (κ2) is 7.97. The zero-order valence-electron chi connectivity index (χ0n) is 13.9. The maximum absolute atomic E-state index is 6.65. The molecule has 2 nitrogen and oxygen atoms in total. The van der Waals surface area contributed by atoms with E-state index >= 15 is 0 Å². The lowest BCUT2D eigenvalue weighted by molar-refractivity contribution is 0.0678. The topological polar surface area (TPSA) is 29.3 Å². The zero-order valence-corrected chi connectivity index (χ0v) is 13.9. The van der Waals surface area contributed by atoms with E-state index in [0.717, 1.165) is 18.0 Å². The number of nitrogens with two attached hydrogens (primary N) is 1. The summed E-state index contributed by atoms with van der Waals surface area (Å²) >= 11 is 0. The molecule has 3 fully saturated rings. The smallest absolute Gasteiger partial charge is 0.0196 e. The van der Waals surface area contributed by atoms with Crippen LogP contribution in [-0.2, 0) is 0 Å². The van der Waals surface area contributed by atoms with Crippen molar-refractivity contribution in [3.8, 4) is 0 Å². The van der Waals surface area contributed by atoms with Gasteiger partial charge in [0.2, 0.25) is 0 Å². The van der Waals surface area contributed by atoms with Gasteiger partial charge in [0.15, 0.2) is 0 Å². The van der Waals surface area contributed by atoms with E-state index in [1.165, 1.54) is 96.4 Å². The number of hydrogen-bond acceptors (Lipinski definition) is 2. The molecule has 3 aliphatic rings. The normalized spacial score (nSPS) is 28.3. The van der Waals surface area contributed by atoms with Crippen molar-refractivity contribution in [2.45, 2.75) is 108 Å². The Morgan fingerprint density at radius 3 is 1.57 bits per heavy atom. The van der Waals surface area contributed by atoms with Crippen molar-refractivity contribution in [2.24, 2.45) is 11.7 Å². The van der Waals surface area contributed by atoms with Crippen LogP contribution < -0.4 is 5.73 Å². The van der Waals surface area contributed by atoms with Crippen molar-refractivity contribution < 1.29 is 0 Å². The minimum Gasteiger partial charge on any atom is -0.326 e. The van der Waals surface area contributed by atoms with Gasteiger partial charge in [-0.2, -0.15) is 0 Å². The molecule has 21 heavy (non-hydrogen) atoms. The Balaban J connectivity index is 1.61. The first-order chi connectivity index (χ1) is 10.3. The molecule has 3 saturated carbocycles. The van der Waals surface area contributed by atoms with Crippen LogP contribution in [0.3, 0.4) is 0 Å². The molecule has 0 aromatic heterocycles.